The zero-order valence-electron chi connectivity index (χ0n) is 36.4. The number of aldehydes is 2. The van der Waals surface area contributed by atoms with Crippen LogP contribution in [0, 0.1) is 11.8 Å². The number of cyclic esters (lactones) is 2. The molecule has 0 N–H and O–H groups in total. The second-order valence-electron chi connectivity index (χ2n) is 16.5. The number of ether oxygens (including phenoxy) is 14. The Morgan fingerprint density at radius 3 is 1.25 bits per heavy atom. The van der Waals surface area contributed by atoms with Crippen LogP contribution in [0.25, 0.3) is 0 Å². The number of esters is 2. The van der Waals surface area contributed by atoms with Gasteiger partial charge in [0.15, 0.2) is 12.6 Å². The lowest BCUT2D eigenvalue weighted by Crippen LogP contribution is -2.58. The molecule has 0 amide bonds. The molecule has 0 aromatic heterocycles. The summed E-state index contributed by atoms with van der Waals surface area (Å²) < 4.78 is 85.2. The van der Waals surface area contributed by atoms with Gasteiger partial charge in [-0.25, -0.2) is 0 Å². The molecule has 5 aliphatic heterocycles. The van der Waals surface area contributed by atoms with Crippen LogP contribution in [0.2, 0.25) is 0 Å². The minimum Gasteiger partial charge on any atom is -0.462 e. The fourth-order valence-corrected chi connectivity index (χ4v) is 9.29. The molecule has 0 aromatic rings. The van der Waals surface area contributed by atoms with Crippen LogP contribution in [0.5, 0.6) is 0 Å². The molecule has 18 atom stereocenters. The minimum absolute atomic E-state index is 0.114. The van der Waals surface area contributed by atoms with E-state index in [2.05, 4.69) is 0 Å². The van der Waals surface area contributed by atoms with E-state index in [9.17, 15) is 19.2 Å². The molecule has 4 bridgehead atoms. The van der Waals surface area contributed by atoms with Crippen LogP contribution < -0.4 is 0 Å². The molecule has 0 unspecified atom stereocenters. The topological polar surface area (TPSA) is 197 Å². The summed E-state index contributed by atoms with van der Waals surface area (Å²) in [5.74, 6) is -1.66. The third-order valence-electron chi connectivity index (χ3n) is 12.7. The quantitative estimate of drug-likeness (QED) is 0.162. The molecule has 18 nitrogen and oxygen atoms in total. The first-order valence-corrected chi connectivity index (χ1v) is 21.3. The number of carbonyl (C=O) groups excluding carboxylic acids is 4. The van der Waals surface area contributed by atoms with Crippen molar-refractivity contribution in [2.24, 2.45) is 11.8 Å². The third-order valence-corrected chi connectivity index (χ3v) is 12.7. The molecular weight excluding hydrogens is 792 g/mol. The van der Waals surface area contributed by atoms with Crippen LogP contribution in [0.4, 0.5) is 0 Å². The average Bonchev–Trinajstić information content (AvgIpc) is 3.23. The number of rotatable bonds is 16. The van der Waals surface area contributed by atoms with Crippen molar-refractivity contribution in [3.05, 3.63) is 0 Å². The van der Waals surface area contributed by atoms with Gasteiger partial charge in [-0.2, -0.15) is 0 Å². The highest BCUT2D eigenvalue weighted by atomic mass is 16.7. The Morgan fingerprint density at radius 2 is 0.917 bits per heavy atom. The lowest BCUT2D eigenvalue weighted by atomic mass is 9.85. The zero-order valence-corrected chi connectivity index (χ0v) is 36.4. The SMILES string of the molecule is CO[C@@H]1[C@@H](OC)[C@H](O[C@H]2C[C@H]3C[C@@H](CCC=O)OC(=O)C[C@@H]4O[C@H](C[C@@H](CCC=O)OC(=O)C[C@H](O3)[C@@H]2C)C[C@H](O[C@@H]2OC[C@@H](OC)[C@H](OC)[C@H]2OC)[C@H]4C)OC[C@H]1OC. The third kappa shape index (κ3) is 12.5. The number of carbonyl (C=O) groups is 4. The Morgan fingerprint density at radius 1 is 0.533 bits per heavy atom. The van der Waals surface area contributed by atoms with Gasteiger partial charge in [-0.3, -0.25) is 9.59 Å². The molecule has 60 heavy (non-hydrogen) atoms. The number of fused-ring (bicyclic) bond motifs is 4. The summed E-state index contributed by atoms with van der Waals surface area (Å²) in [5, 5.41) is 0. The summed E-state index contributed by atoms with van der Waals surface area (Å²) in [5.41, 5.74) is 0. The maximum Gasteiger partial charge on any atom is 0.308 e. The van der Waals surface area contributed by atoms with Crippen molar-refractivity contribution < 1.29 is 85.5 Å². The van der Waals surface area contributed by atoms with Gasteiger partial charge >= 0.3 is 11.9 Å². The lowest BCUT2D eigenvalue weighted by Gasteiger charge is -2.46. The van der Waals surface area contributed by atoms with Crippen molar-refractivity contribution in [2.45, 2.75) is 176 Å². The van der Waals surface area contributed by atoms with Crippen molar-refractivity contribution in [1.82, 2.24) is 0 Å². The van der Waals surface area contributed by atoms with Gasteiger partial charge in [-0.15, -0.1) is 0 Å². The Labute approximate surface area is 353 Å². The van der Waals surface area contributed by atoms with Crippen LogP contribution >= 0.6 is 0 Å². The summed E-state index contributed by atoms with van der Waals surface area (Å²) >= 11 is 0. The van der Waals surface area contributed by atoms with E-state index in [1.54, 1.807) is 42.7 Å². The molecule has 18 heteroatoms. The molecule has 0 radical (unpaired) electrons. The average molecular weight is 861 g/mol. The smallest absolute Gasteiger partial charge is 0.308 e. The second kappa shape index (κ2) is 24.0. The molecule has 5 fully saturated rings. The van der Waals surface area contributed by atoms with E-state index in [-0.39, 0.29) is 88.6 Å². The normalized spacial score (nSPS) is 42.1. The summed E-state index contributed by atoms with van der Waals surface area (Å²) in [6, 6.07) is 0. The Bertz CT molecular complexity index is 1240. The van der Waals surface area contributed by atoms with Gasteiger partial charge in [0.1, 0.15) is 61.4 Å². The standard InChI is InChI=1S/C42H68O18/c1-23-29(59-41-39(51-7)37(49-5)33(47-3)21-53-41)17-27-15-25(11-9-13-43)58-36(46)20-32-24(2)30(60-42-40(52-8)38(50-6)34(48-4)22-54-42)18-28(56-32)16-26(12-10-14-44)57-35(45)19-31(23)55-27/h13-14,23-34,37-42H,9-12,15-22H2,1-8H3/t23-,24-,25-,26-,27-,28-,29+,30+,31+,32+,33-,34-,37+,38+,39-,40-,41+,42+/m1/s1. The second-order valence-corrected chi connectivity index (χ2v) is 16.5. The summed E-state index contributed by atoms with van der Waals surface area (Å²) in [6.45, 7) is 4.30. The number of hydrogen-bond donors (Lipinski definition) is 0. The molecule has 0 saturated carbocycles. The highest BCUT2D eigenvalue weighted by Gasteiger charge is 2.49. The van der Waals surface area contributed by atoms with Crippen molar-refractivity contribution in [2.75, 3.05) is 55.9 Å². The number of methoxy groups -OCH3 is 6. The van der Waals surface area contributed by atoms with E-state index < -0.39 is 97.8 Å². The van der Waals surface area contributed by atoms with Gasteiger partial charge in [-0.05, 0) is 12.8 Å². The molecule has 5 rings (SSSR count). The minimum atomic E-state index is -0.817. The molecule has 5 saturated heterocycles. The van der Waals surface area contributed by atoms with Crippen molar-refractivity contribution in [1.29, 1.82) is 0 Å². The summed E-state index contributed by atoms with van der Waals surface area (Å²) in [7, 11) is 9.41. The van der Waals surface area contributed by atoms with Gasteiger partial charge in [0.2, 0.25) is 0 Å². The lowest BCUT2D eigenvalue weighted by molar-refractivity contribution is -0.309. The first kappa shape index (κ1) is 48.8. The van der Waals surface area contributed by atoms with Gasteiger partial charge in [0, 0.05) is 93.0 Å². The van der Waals surface area contributed by atoms with Gasteiger partial charge in [0.25, 0.3) is 0 Å². The fourth-order valence-electron chi connectivity index (χ4n) is 9.29. The first-order chi connectivity index (χ1) is 29.0. The molecule has 0 aliphatic carbocycles. The van der Waals surface area contributed by atoms with Crippen molar-refractivity contribution in [3.63, 3.8) is 0 Å². The molecular formula is C42H68O18. The monoisotopic (exact) mass is 860 g/mol. The van der Waals surface area contributed by atoms with Crippen LogP contribution in [0.15, 0.2) is 0 Å². The Hall–Kier alpha value is -2.20. The molecule has 344 valence electrons. The zero-order chi connectivity index (χ0) is 43.3. The van der Waals surface area contributed by atoms with Crippen molar-refractivity contribution in [3.8, 4) is 0 Å². The van der Waals surface area contributed by atoms with E-state index in [1.807, 2.05) is 13.8 Å². The van der Waals surface area contributed by atoms with E-state index >= 15 is 0 Å². The summed E-state index contributed by atoms with van der Waals surface area (Å²) in [4.78, 5) is 51.0. The van der Waals surface area contributed by atoms with E-state index in [4.69, 9.17) is 66.3 Å². The molecule has 0 spiro atoms. The van der Waals surface area contributed by atoms with Gasteiger partial charge < -0.3 is 75.9 Å². The van der Waals surface area contributed by atoms with Gasteiger partial charge in [-0.1, -0.05) is 13.8 Å². The Kier molecular flexibility index (Phi) is 19.5. The highest BCUT2D eigenvalue weighted by molar-refractivity contribution is 5.71. The summed E-state index contributed by atoms with van der Waals surface area (Å²) in [6.07, 6.45) is -5.87. The van der Waals surface area contributed by atoms with Crippen LogP contribution in [0.3, 0.4) is 0 Å². The van der Waals surface area contributed by atoms with Crippen LogP contribution in [-0.2, 0) is 85.5 Å². The van der Waals surface area contributed by atoms with E-state index in [0.717, 1.165) is 12.6 Å². The van der Waals surface area contributed by atoms with Gasteiger partial charge in [0.05, 0.1) is 62.7 Å². The molecule has 5 aliphatic rings. The predicted octanol–water partition coefficient (Wildman–Crippen LogP) is 2.50. The maximum absolute atomic E-state index is 13.9. The fraction of sp³-hybridized carbons (Fsp3) is 0.905. The van der Waals surface area contributed by atoms with Crippen molar-refractivity contribution >= 4 is 24.5 Å². The van der Waals surface area contributed by atoms with Crippen LogP contribution in [0.1, 0.15) is 78.1 Å². The molecule has 5 heterocycles. The number of hydrogen-bond acceptors (Lipinski definition) is 18. The predicted molar refractivity (Wildman–Crippen MR) is 208 cm³/mol. The largest absolute Gasteiger partial charge is 0.462 e. The van der Waals surface area contributed by atoms with E-state index in [1.165, 1.54) is 0 Å². The van der Waals surface area contributed by atoms with E-state index in [0.29, 0.717) is 12.8 Å². The maximum atomic E-state index is 13.9. The first-order valence-electron chi connectivity index (χ1n) is 21.3. The van der Waals surface area contributed by atoms with Crippen LogP contribution in [-0.4, -0.2) is 178 Å². The molecule has 0 aromatic carbocycles. The Balaban J connectivity index is 1.40. The highest BCUT2D eigenvalue weighted by Crippen LogP contribution is 2.38.